The van der Waals surface area contributed by atoms with Gasteiger partial charge < -0.3 is 9.51 Å². The van der Waals surface area contributed by atoms with E-state index in [2.05, 4.69) is 57.0 Å². The molecular weight excluding hydrogens is 422 g/mol. The molecule has 0 radical (unpaired) electrons. The van der Waals surface area contributed by atoms with E-state index >= 15 is 0 Å². The Balaban J connectivity index is 1.88. The van der Waals surface area contributed by atoms with Crippen molar-refractivity contribution in [3.63, 3.8) is 0 Å². The van der Waals surface area contributed by atoms with E-state index in [1.54, 1.807) is 0 Å². The van der Waals surface area contributed by atoms with Crippen LogP contribution in [0.25, 0.3) is 16.9 Å². The molecular formula is C28H21N5O. The minimum Gasteiger partial charge on any atom is -0.505 e. The highest BCUT2D eigenvalue weighted by Gasteiger charge is 2.44. The monoisotopic (exact) mass is 443 g/mol. The van der Waals surface area contributed by atoms with Gasteiger partial charge in [-0.2, -0.15) is 5.21 Å². The molecule has 3 aromatic carbocycles. The molecule has 0 aliphatic rings. The second kappa shape index (κ2) is 8.01. The van der Waals surface area contributed by atoms with Crippen molar-refractivity contribution in [2.24, 2.45) is 0 Å². The Hall–Kier alpha value is -4.71. The molecule has 6 aromatic rings. The van der Waals surface area contributed by atoms with Gasteiger partial charge in [0.2, 0.25) is 5.82 Å². The number of aromatic nitrogens is 5. The second-order valence-corrected chi connectivity index (χ2v) is 8.11. The highest BCUT2D eigenvalue weighted by Crippen LogP contribution is 2.51. The van der Waals surface area contributed by atoms with Crippen LogP contribution < -0.4 is 0 Å². The summed E-state index contributed by atoms with van der Waals surface area (Å²) in [6, 6.07) is 36.8. The Morgan fingerprint density at radius 2 is 1.21 bits per heavy atom. The molecule has 0 unspecified atom stereocenters. The van der Waals surface area contributed by atoms with Gasteiger partial charge >= 0.3 is 0 Å². The smallest absolute Gasteiger partial charge is 0.210 e. The number of fused-ring (bicyclic) bond motifs is 1. The number of aromatic hydroxyl groups is 1. The van der Waals surface area contributed by atoms with E-state index in [0.29, 0.717) is 16.9 Å². The number of nitrogens with zero attached hydrogens (tertiary/aromatic N) is 4. The van der Waals surface area contributed by atoms with Gasteiger partial charge in [0.05, 0.1) is 22.2 Å². The Morgan fingerprint density at radius 3 is 1.71 bits per heavy atom. The summed E-state index contributed by atoms with van der Waals surface area (Å²) in [7, 11) is 0. The first kappa shape index (κ1) is 19.9. The summed E-state index contributed by atoms with van der Waals surface area (Å²) >= 11 is 0. The lowest BCUT2D eigenvalue weighted by Crippen LogP contribution is -2.33. The number of hydrogen-bond acceptors (Lipinski definition) is 4. The predicted octanol–water partition coefficient (Wildman–Crippen LogP) is 5.21. The van der Waals surface area contributed by atoms with Crippen LogP contribution in [0.2, 0.25) is 0 Å². The molecule has 6 heteroatoms. The largest absolute Gasteiger partial charge is 0.505 e. The van der Waals surface area contributed by atoms with Crippen molar-refractivity contribution in [2.75, 3.05) is 0 Å². The molecule has 6 rings (SSSR count). The van der Waals surface area contributed by atoms with Crippen molar-refractivity contribution in [3.05, 3.63) is 138 Å². The molecule has 0 aliphatic carbocycles. The van der Waals surface area contributed by atoms with Gasteiger partial charge in [0.1, 0.15) is 0 Å². The lowest BCUT2D eigenvalue weighted by Gasteiger charge is -2.37. The van der Waals surface area contributed by atoms with Crippen LogP contribution in [0.3, 0.4) is 0 Å². The maximum Gasteiger partial charge on any atom is 0.210 e. The summed E-state index contributed by atoms with van der Waals surface area (Å²) in [5, 5.41) is 26.4. The van der Waals surface area contributed by atoms with Crippen molar-refractivity contribution in [2.45, 2.75) is 5.41 Å². The lowest BCUT2D eigenvalue weighted by atomic mass is 9.66. The zero-order valence-corrected chi connectivity index (χ0v) is 18.2. The molecule has 6 nitrogen and oxygen atoms in total. The van der Waals surface area contributed by atoms with Gasteiger partial charge in [0.25, 0.3) is 0 Å². The van der Waals surface area contributed by atoms with Crippen molar-refractivity contribution < 1.29 is 5.11 Å². The summed E-state index contributed by atoms with van der Waals surface area (Å²) in [6.07, 6.45) is 1.97. The maximum absolute atomic E-state index is 11.5. The van der Waals surface area contributed by atoms with Gasteiger partial charge in [-0.1, -0.05) is 97.1 Å². The number of benzene rings is 3. The molecule has 164 valence electrons. The molecule has 2 N–H and O–H groups in total. The van der Waals surface area contributed by atoms with Gasteiger partial charge in [-0.15, -0.1) is 10.2 Å². The van der Waals surface area contributed by atoms with Gasteiger partial charge in [-0.05, 0) is 34.0 Å². The summed E-state index contributed by atoms with van der Waals surface area (Å²) < 4.78 is 2.04. The maximum atomic E-state index is 11.5. The quantitative estimate of drug-likeness (QED) is 0.359. The number of rotatable bonds is 5. The average molecular weight is 444 g/mol. The molecule has 0 saturated heterocycles. The zero-order chi connectivity index (χ0) is 23.0. The Labute approximate surface area is 196 Å². The van der Waals surface area contributed by atoms with Gasteiger partial charge in [-0.25, -0.2) is 0 Å². The highest BCUT2D eigenvalue weighted by atomic mass is 16.3. The normalized spacial score (nSPS) is 11.6. The topological polar surface area (TPSA) is 79.1 Å². The molecule has 0 fully saturated rings. The first-order chi connectivity index (χ1) is 16.8. The molecule has 0 amide bonds. The number of tetrazole rings is 1. The first-order valence-electron chi connectivity index (χ1n) is 11.0. The van der Waals surface area contributed by atoms with Crippen molar-refractivity contribution >= 4 is 5.52 Å². The van der Waals surface area contributed by atoms with E-state index in [1.165, 1.54) is 0 Å². The number of hydrogen-bond donors (Lipinski definition) is 2. The van der Waals surface area contributed by atoms with Gasteiger partial charge in [0, 0.05) is 6.20 Å². The van der Waals surface area contributed by atoms with Crippen LogP contribution in [0, 0.1) is 0 Å². The molecule has 0 saturated carbocycles. The Morgan fingerprint density at radius 1 is 0.676 bits per heavy atom. The van der Waals surface area contributed by atoms with Crippen LogP contribution in [-0.2, 0) is 5.41 Å². The van der Waals surface area contributed by atoms with Crippen LogP contribution >= 0.6 is 0 Å². The minimum atomic E-state index is -0.787. The summed E-state index contributed by atoms with van der Waals surface area (Å²) in [4.78, 5) is 0. The number of aromatic amines is 1. The first-order valence-corrected chi connectivity index (χ1v) is 11.0. The van der Waals surface area contributed by atoms with Gasteiger partial charge in [0.15, 0.2) is 5.75 Å². The third-order valence-corrected chi connectivity index (χ3v) is 6.36. The number of H-pyrrole nitrogens is 1. The van der Waals surface area contributed by atoms with Crippen molar-refractivity contribution in [1.82, 2.24) is 25.0 Å². The number of pyridine rings is 1. The minimum absolute atomic E-state index is 0.115. The third kappa shape index (κ3) is 2.85. The molecule has 0 spiro atoms. The van der Waals surface area contributed by atoms with E-state index in [9.17, 15) is 5.11 Å². The fourth-order valence-electron chi connectivity index (χ4n) is 5.01. The van der Waals surface area contributed by atoms with Crippen LogP contribution in [0.5, 0.6) is 5.75 Å². The van der Waals surface area contributed by atoms with Crippen LogP contribution in [0.4, 0.5) is 0 Å². The standard InChI is InChI=1S/C28H21N5O/c34-25-23-18-10-11-19-33(23)26(24(25)27-29-31-32-30-27)28(20-12-4-1-5-13-20,21-14-6-2-7-15-21)22-16-8-3-9-17-22/h1-19,34H,(H,29,30,31,32). The Kier molecular flexibility index (Phi) is 4.70. The van der Waals surface area contributed by atoms with Crippen LogP contribution in [0.15, 0.2) is 115 Å². The van der Waals surface area contributed by atoms with E-state index in [1.807, 2.05) is 83.4 Å². The van der Waals surface area contributed by atoms with Gasteiger partial charge in [-0.3, -0.25) is 0 Å². The van der Waals surface area contributed by atoms with E-state index in [4.69, 9.17) is 0 Å². The summed E-state index contributed by atoms with van der Waals surface area (Å²) in [5.41, 5.74) is 4.43. The number of nitrogens with one attached hydrogen (secondary N) is 1. The van der Waals surface area contributed by atoms with Crippen LogP contribution in [0.1, 0.15) is 22.4 Å². The average Bonchev–Trinajstić information content (AvgIpc) is 3.54. The third-order valence-electron chi connectivity index (χ3n) is 6.36. The zero-order valence-electron chi connectivity index (χ0n) is 18.2. The van der Waals surface area contributed by atoms with Crippen LogP contribution in [-0.4, -0.2) is 30.1 Å². The van der Waals surface area contributed by atoms with Crippen molar-refractivity contribution in [3.8, 4) is 17.1 Å². The molecule has 3 aromatic heterocycles. The molecule has 0 bridgehead atoms. The Bertz CT molecular complexity index is 1450. The molecule has 0 atom stereocenters. The highest BCUT2D eigenvalue weighted by molar-refractivity contribution is 5.84. The fourth-order valence-corrected chi connectivity index (χ4v) is 5.01. The lowest BCUT2D eigenvalue weighted by molar-refractivity contribution is 0.483. The van der Waals surface area contributed by atoms with E-state index < -0.39 is 5.41 Å². The van der Waals surface area contributed by atoms with E-state index in [0.717, 1.165) is 22.4 Å². The second-order valence-electron chi connectivity index (χ2n) is 8.11. The molecule has 34 heavy (non-hydrogen) atoms. The summed E-state index contributed by atoms with van der Waals surface area (Å²) in [5.74, 6) is 0.451. The van der Waals surface area contributed by atoms with E-state index in [-0.39, 0.29) is 5.75 Å². The predicted molar refractivity (Wildman–Crippen MR) is 131 cm³/mol. The fraction of sp³-hybridized carbons (Fsp3) is 0.0357. The molecule has 3 heterocycles. The SMILES string of the molecule is Oc1c(-c2nn[nH]n2)c(C(c2ccccc2)(c2ccccc2)c2ccccc2)n2ccccc12. The molecule has 0 aliphatic heterocycles. The van der Waals surface area contributed by atoms with Crippen molar-refractivity contribution in [1.29, 1.82) is 0 Å². The summed E-state index contributed by atoms with van der Waals surface area (Å²) in [6.45, 7) is 0.